The molecule has 0 spiro atoms. The normalized spacial score (nSPS) is 18.4. The molecule has 0 aliphatic carbocycles. The molecule has 1 heterocycles. The summed E-state index contributed by atoms with van der Waals surface area (Å²) >= 11 is 2.06. The molecule has 2 nitrogen and oxygen atoms in total. The molecule has 0 aromatic heterocycles. The minimum atomic E-state index is 0.132. The van der Waals surface area contributed by atoms with Crippen molar-refractivity contribution in [2.24, 2.45) is 0 Å². The van der Waals surface area contributed by atoms with Gasteiger partial charge in [-0.1, -0.05) is 30.0 Å². The predicted octanol–water partition coefficient (Wildman–Crippen LogP) is 2.75. The Morgan fingerprint density at radius 1 is 1.35 bits per heavy atom. The minimum Gasteiger partial charge on any atom is -0.395 e. The lowest BCUT2D eigenvalue weighted by Crippen LogP contribution is -2.42. The summed E-state index contributed by atoms with van der Waals surface area (Å²) in [5.74, 6) is 7.40. The van der Waals surface area contributed by atoms with Gasteiger partial charge in [-0.05, 0) is 25.5 Å². The van der Waals surface area contributed by atoms with Crippen LogP contribution in [0.3, 0.4) is 0 Å². The van der Waals surface area contributed by atoms with Gasteiger partial charge >= 0.3 is 0 Å². The van der Waals surface area contributed by atoms with E-state index in [9.17, 15) is 0 Å². The second-order valence-corrected chi connectivity index (χ2v) is 7.55. The van der Waals surface area contributed by atoms with Gasteiger partial charge in [0.1, 0.15) is 0 Å². The van der Waals surface area contributed by atoms with Gasteiger partial charge in [0.05, 0.1) is 6.61 Å². The van der Waals surface area contributed by atoms with Gasteiger partial charge in [0, 0.05) is 42.1 Å². The van der Waals surface area contributed by atoms with Crippen LogP contribution in [0.4, 0.5) is 0 Å². The summed E-state index contributed by atoms with van der Waals surface area (Å²) in [5, 5.41) is 8.82. The van der Waals surface area contributed by atoms with Gasteiger partial charge in [-0.2, -0.15) is 11.8 Å². The summed E-state index contributed by atoms with van der Waals surface area (Å²) in [7, 11) is 0. The van der Waals surface area contributed by atoms with E-state index in [1.807, 2.05) is 6.07 Å². The topological polar surface area (TPSA) is 23.5 Å². The minimum absolute atomic E-state index is 0.132. The molecule has 1 aromatic rings. The first kappa shape index (κ1) is 15.4. The maximum Gasteiger partial charge on any atom is 0.0540 e. The molecule has 2 rings (SSSR count). The molecule has 1 aliphatic rings. The average Bonchev–Trinajstić information content (AvgIpc) is 2.40. The van der Waals surface area contributed by atoms with E-state index in [1.54, 1.807) is 0 Å². The smallest absolute Gasteiger partial charge is 0.0540 e. The molecule has 0 unspecified atom stereocenters. The highest BCUT2D eigenvalue weighted by atomic mass is 32.2. The van der Waals surface area contributed by atoms with Gasteiger partial charge in [-0.3, -0.25) is 4.90 Å². The van der Waals surface area contributed by atoms with Gasteiger partial charge in [0.25, 0.3) is 0 Å². The van der Waals surface area contributed by atoms with Gasteiger partial charge in [0.15, 0.2) is 0 Å². The highest BCUT2D eigenvalue weighted by molar-refractivity contribution is 8.00. The van der Waals surface area contributed by atoms with Gasteiger partial charge < -0.3 is 5.11 Å². The molecule has 0 atom stereocenters. The summed E-state index contributed by atoms with van der Waals surface area (Å²) in [5.41, 5.74) is 2.39. The maximum atomic E-state index is 8.82. The number of thioether (sulfide) groups is 1. The number of aliphatic hydroxyl groups excluding tert-OH is 1. The van der Waals surface area contributed by atoms with E-state index >= 15 is 0 Å². The fraction of sp³-hybridized carbons (Fsp3) is 0.529. The van der Waals surface area contributed by atoms with Crippen LogP contribution in [0.1, 0.15) is 31.4 Å². The first-order chi connectivity index (χ1) is 9.61. The third-order valence-corrected chi connectivity index (χ3v) is 4.67. The molecule has 3 heteroatoms. The van der Waals surface area contributed by atoms with Crippen LogP contribution in [0.2, 0.25) is 0 Å². The van der Waals surface area contributed by atoms with E-state index in [0.29, 0.717) is 11.2 Å². The first-order valence-electron chi connectivity index (χ1n) is 7.15. The Balaban J connectivity index is 2.08. The third-order valence-electron chi connectivity index (χ3n) is 3.38. The number of aliphatic hydroxyl groups is 1. The van der Waals surface area contributed by atoms with Crippen molar-refractivity contribution in [1.82, 2.24) is 4.90 Å². The van der Waals surface area contributed by atoms with Crippen molar-refractivity contribution in [1.29, 1.82) is 0 Å². The van der Waals surface area contributed by atoms with Crippen molar-refractivity contribution in [2.75, 3.05) is 25.4 Å². The highest BCUT2D eigenvalue weighted by Gasteiger charge is 2.26. The van der Waals surface area contributed by atoms with Crippen molar-refractivity contribution < 1.29 is 5.11 Å². The standard InChI is InChI=1S/C17H23NOS/c1-17(2)14-18(10-12-20-17)13-16-9-4-3-7-15(16)8-5-6-11-19/h3-4,7,9,19H,6,10-14H2,1-2H3. The fourth-order valence-corrected chi connectivity index (χ4v) is 3.66. The number of nitrogens with zero attached hydrogens (tertiary/aromatic N) is 1. The first-order valence-corrected chi connectivity index (χ1v) is 8.13. The van der Waals surface area contributed by atoms with E-state index in [0.717, 1.165) is 25.2 Å². The van der Waals surface area contributed by atoms with Crippen LogP contribution in [0.15, 0.2) is 24.3 Å². The number of rotatable bonds is 3. The molecule has 0 saturated carbocycles. The van der Waals surface area contributed by atoms with E-state index < -0.39 is 0 Å². The van der Waals surface area contributed by atoms with Gasteiger partial charge in [-0.15, -0.1) is 0 Å². The van der Waals surface area contributed by atoms with E-state index in [1.165, 1.54) is 11.3 Å². The zero-order valence-corrected chi connectivity index (χ0v) is 13.2. The van der Waals surface area contributed by atoms with Crippen molar-refractivity contribution in [3.8, 4) is 11.8 Å². The molecule has 1 fully saturated rings. The summed E-state index contributed by atoms with van der Waals surface area (Å²) < 4.78 is 0.343. The zero-order valence-electron chi connectivity index (χ0n) is 12.4. The Kier molecular flexibility index (Phi) is 5.54. The van der Waals surface area contributed by atoms with Gasteiger partial charge in [0.2, 0.25) is 0 Å². The van der Waals surface area contributed by atoms with E-state index in [2.05, 4.69) is 60.5 Å². The van der Waals surface area contributed by atoms with Crippen LogP contribution >= 0.6 is 11.8 Å². The van der Waals surface area contributed by atoms with E-state index in [-0.39, 0.29) is 6.61 Å². The Labute approximate surface area is 126 Å². The average molecular weight is 289 g/mol. The van der Waals surface area contributed by atoms with Crippen molar-refractivity contribution in [3.63, 3.8) is 0 Å². The summed E-state index contributed by atoms with van der Waals surface area (Å²) in [6.45, 7) is 8.00. The number of hydrogen-bond donors (Lipinski definition) is 1. The second kappa shape index (κ2) is 7.17. The third kappa shape index (κ3) is 4.56. The van der Waals surface area contributed by atoms with Crippen LogP contribution in [-0.4, -0.2) is 40.2 Å². The van der Waals surface area contributed by atoms with Crippen molar-refractivity contribution >= 4 is 11.8 Å². The molecule has 1 saturated heterocycles. The monoisotopic (exact) mass is 289 g/mol. The molecule has 1 aromatic carbocycles. The Hall–Kier alpha value is -0.950. The summed E-state index contributed by atoms with van der Waals surface area (Å²) in [6, 6.07) is 8.35. The molecule has 0 amide bonds. The predicted molar refractivity (Wildman–Crippen MR) is 86.8 cm³/mol. The maximum absolute atomic E-state index is 8.82. The molecule has 0 radical (unpaired) electrons. The van der Waals surface area contributed by atoms with E-state index in [4.69, 9.17) is 5.11 Å². The second-order valence-electron chi connectivity index (χ2n) is 5.75. The van der Waals surface area contributed by atoms with Crippen LogP contribution in [0.25, 0.3) is 0 Å². The van der Waals surface area contributed by atoms with Crippen molar-refractivity contribution in [2.45, 2.75) is 31.6 Å². The summed E-state index contributed by atoms with van der Waals surface area (Å²) in [4.78, 5) is 2.52. The molecule has 108 valence electrons. The highest BCUT2D eigenvalue weighted by Crippen LogP contribution is 2.30. The molecule has 1 aliphatic heterocycles. The van der Waals surface area contributed by atoms with Crippen LogP contribution in [0.5, 0.6) is 0 Å². The lowest BCUT2D eigenvalue weighted by molar-refractivity contribution is 0.252. The fourth-order valence-electron chi connectivity index (χ4n) is 2.48. The molecular formula is C17H23NOS. The Bertz CT molecular complexity index is 501. The Morgan fingerprint density at radius 3 is 2.90 bits per heavy atom. The zero-order chi connectivity index (χ0) is 14.4. The number of hydrogen-bond acceptors (Lipinski definition) is 3. The SMILES string of the molecule is CC1(C)CN(Cc2ccccc2C#CCCO)CCS1. The Morgan fingerprint density at radius 2 is 2.15 bits per heavy atom. The molecule has 20 heavy (non-hydrogen) atoms. The van der Waals surface area contributed by atoms with Gasteiger partial charge in [-0.25, -0.2) is 0 Å². The molecule has 1 N–H and O–H groups in total. The quantitative estimate of drug-likeness (QED) is 0.866. The summed E-state index contributed by atoms with van der Waals surface area (Å²) in [6.07, 6.45) is 0.543. The van der Waals surface area contributed by atoms with Crippen LogP contribution < -0.4 is 0 Å². The van der Waals surface area contributed by atoms with Crippen molar-refractivity contribution in [3.05, 3.63) is 35.4 Å². The lowest BCUT2D eigenvalue weighted by Gasteiger charge is -2.37. The molecular weight excluding hydrogens is 266 g/mol. The largest absolute Gasteiger partial charge is 0.395 e. The van der Waals surface area contributed by atoms with Crippen LogP contribution in [-0.2, 0) is 6.54 Å². The number of benzene rings is 1. The van der Waals surface area contributed by atoms with Crippen LogP contribution in [0, 0.1) is 11.8 Å². The molecule has 0 bridgehead atoms. The lowest BCUT2D eigenvalue weighted by atomic mass is 10.1.